The maximum atomic E-state index is 5.54. The molecular weight excluding hydrogens is 260 g/mol. The summed E-state index contributed by atoms with van der Waals surface area (Å²) in [5, 5.41) is 3.90. The number of methoxy groups -OCH3 is 1. The maximum absolute atomic E-state index is 5.54. The zero-order chi connectivity index (χ0) is 14.7. The van der Waals surface area contributed by atoms with Gasteiger partial charge in [-0.2, -0.15) is 0 Å². The summed E-state index contributed by atoms with van der Waals surface area (Å²) in [5.74, 6) is 1.01. The van der Waals surface area contributed by atoms with Crippen LogP contribution in [0.5, 0.6) is 5.75 Å². The molecule has 3 unspecified atom stereocenters. The lowest BCUT2D eigenvalue weighted by molar-refractivity contribution is 0.160. The Morgan fingerprint density at radius 3 is 2.95 bits per heavy atom. The van der Waals surface area contributed by atoms with Crippen molar-refractivity contribution >= 4 is 0 Å². The molecule has 0 saturated carbocycles. The van der Waals surface area contributed by atoms with Gasteiger partial charge >= 0.3 is 0 Å². The van der Waals surface area contributed by atoms with Gasteiger partial charge in [-0.25, -0.2) is 0 Å². The SMILES string of the molecule is CCC(NC1CCN2CCCC2C1)c1ccccc1OC. The van der Waals surface area contributed by atoms with E-state index in [2.05, 4.69) is 35.3 Å². The second kappa shape index (κ2) is 6.80. The van der Waals surface area contributed by atoms with E-state index in [4.69, 9.17) is 4.74 Å². The van der Waals surface area contributed by atoms with Gasteiger partial charge in [0.25, 0.3) is 0 Å². The zero-order valence-electron chi connectivity index (χ0n) is 13.3. The first-order chi connectivity index (χ1) is 10.3. The van der Waals surface area contributed by atoms with Crippen LogP contribution in [0.3, 0.4) is 0 Å². The van der Waals surface area contributed by atoms with Crippen LogP contribution < -0.4 is 10.1 Å². The smallest absolute Gasteiger partial charge is 0.123 e. The standard InChI is InChI=1S/C18H28N2O/c1-3-17(16-8-4-5-9-18(16)21-2)19-14-10-12-20-11-6-7-15(20)13-14/h4-5,8-9,14-15,17,19H,3,6-7,10-13H2,1-2H3. The molecule has 2 saturated heterocycles. The van der Waals surface area contributed by atoms with Crippen molar-refractivity contribution in [3.8, 4) is 5.75 Å². The number of nitrogens with zero attached hydrogens (tertiary/aromatic N) is 1. The van der Waals surface area contributed by atoms with E-state index in [0.717, 1.165) is 18.2 Å². The van der Waals surface area contributed by atoms with Gasteiger partial charge in [-0.15, -0.1) is 0 Å². The first kappa shape index (κ1) is 14.9. The third-order valence-electron chi connectivity index (χ3n) is 5.18. The van der Waals surface area contributed by atoms with Crippen LogP contribution in [0.1, 0.15) is 50.6 Å². The van der Waals surface area contributed by atoms with Crippen molar-refractivity contribution in [3.05, 3.63) is 29.8 Å². The molecular formula is C18H28N2O. The Morgan fingerprint density at radius 2 is 2.14 bits per heavy atom. The maximum Gasteiger partial charge on any atom is 0.123 e. The van der Waals surface area contributed by atoms with E-state index in [-0.39, 0.29) is 0 Å². The largest absolute Gasteiger partial charge is 0.496 e. The first-order valence-corrected chi connectivity index (χ1v) is 8.44. The molecule has 0 amide bonds. The Labute approximate surface area is 128 Å². The summed E-state index contributed by atoms with van der Waals surface area (Å²) < 4.78 is 5.54. The monoisotopic (exact) mass is 288 g/mol. The molecule has 0 aromatic heterocycles. The molecule has 1 N–H and O–H groups in total. The van der Waals surface area contributed by atoms with Gasteiger partial charge in [-0.3, -0.25) is 0 Å². The average Bonchev–Trinajstić information content (AvgIpc) is 3.00. The molecule has 1 aromatic rings. The zero-order valence-corrected chi connectivity index (χ0v) is 13.3. The number of ether oxygens (including phenoxy) is 1. The highest BCUT2D eigenvalue weighted by Crippen LogP contribution is 2.31. The Kier molecular flexibility index (Phi) is 4.81. The highest BCUT2D eigenvalue weighted by molar-refractivity contribution is 5.35. The molecule has 1 aromatic carbocycles. The van der Waals surface area contributed by atoms with Crippen molar-refractivity contribution in [1.82, 2.24) is 10.2 Å². The molecule has 2 aliphatic rings. The van der Waals surface area contributed by atoms with Gasteiger partial charge in [0.05, 0.1) is 7.11 Å². The lowest BCUT2D eigenvalue weighted by Crippen LogP contribution is -2.46. The third kappa shape index (κ3) is 3.24. The predicted molar refractivity (Wildman–Crippen MR) is 86.8 cm³/mol. The summed E-state index contributed by atoms with van der Waals surface area (Å²) >= 11 is 0. The van der Waals surface area contributed by atoms with E-state index in [1.807, 2.05) is 6.07 Å². The number of rotatable bonds is 5. The van der Waals surface area contributed by atoms with E-state index in [0.29, 0.717) is 12.1 Å². The number of benzene rings is 1. The number of hydrogen-bond donors (Lipinski definition) is 1. The first-order valence-electron chi connectivity index (χ1n) is 8.44. The minimum atomic E-state index is 0.402. The molecule has 3 heteroatoms. The summed E-state index contributed by atoms with van der Waals surface area (Å²) in [6, 6.07) is 10.3. The van der Waals surface area contributed by atoms with Gasteiger partial charge < -0.3 is 15.0 Å². The van der Waals surface area contributed by atoms with Crippen LogP contribution in [0.2, 0.25) is 0 Å². The number of piperidine rings is 1. The van der Waals surface area contributed by atoms with Crippen molar-refractivity contribution in [3.63, 3.8) is 0 Å². The van der Waals surface area contributed by atoms with Gasteiger partial charge in [0.2, 0.25) is 0 Å². The van der Waals surface area contributed by atoms with Crippen LogP contribution in [0, 0.1) is 0 Å². The lowest BCUT2D eigenvalue weighted by atomic mass is 9.95. The van der Waals surface area contributed by atoms with Crippen LogP contribution in [0.15, 0.2) is 24.3 Å². The van der Waals surface area contributed by atoms with E-state index in [1.54, 1.807) is 7.11 Å². The number of nitrogens with one attached hydrogen (secondary N) is 1. The summed E-state index contributed by atoms with van der Waals surface area (Å²) in [6.07, 6.45) is 6.48. The molecule has 0 radical (unpaired) electrons. The Hall–Kier alpha value is -1.06. The molecule has 0 bridgehead atoms. The average molecular weight is 288 g/mol. The van der Waals surface area contributed by atoms with Crippen molar-refractivity contribution < 1.29 is 4.74 Å². The highest BCUT2D eigenvalue weighted by Gasteiger charge is 2.32. The number of fused-ring (bicyclic) bond motifs is 1. The van der Waals surface area contributed by atoms with Gasteiger partial charge in [-0.05, 0) is 51.3 Å². The van der Waals surface area contributed by atoms with Crippen molar-refractivity contribution in [2.75, 3.05) is 20.2 Å². The van der Waals surface area contributed by atoms with Crippen molar-refractivity contribution in [2.45, 2.75) is 57.2 Å². The summed E-state index contributed by atoms with van der Waals surface area (Å²) in [7, 11) is 1.77. The van der Waals surface area contributed by atoms with E-state index in [1.165, 1.54) is 44.3 Å². The Balaban J connectivity index is 1.67. The van der Waals surface area contributed by atoms with E-state index >= 15 is 0 Å². The molecule has 2 heterocycles. The Morgan fingerprint density at radius 1 is 1.29 bits per heavy atom. The highest BCUT2D eigenvalue weighted by atomic mass is 16.5. The topological polar surface area (TPSA) is 24.5 Å². The van der Waals surface area contributed by atoms with Gasteiger partial charge in [0.15, 0.2) is 0 Å². The third-order valence-corrected chi connectivity index (χ3v) is 5.18. The fourth-order valence-electron chi connectivity index (χ4n) is 4.04. The lowest BCUT2D eigenvalue weighted by Gasteiger charge is -2.37. The molecule has 2 aliphatic heterocycles. The van der Waals surface area contributed by atoms with Gasteiger partial charge in [-0.1, -0.05) is 25.1 Å². The summed E-state index contributed by atoms with van der Waals surface area (Å²) in [4.78, 5) is 2.68. The fourth-order valence-corrected chi connectivity index (χ4v) is 4.04. The van der Waals surface area contributed by atoms with Crippen LogP contribution in [0.25, 0.3) is 0 Å². The van der Waals surface area contributed by atoms with Crippen LogP contribution in [-0.2, 0) is 0 Å². The fraction of sp³-hybridized carbons (Fsp3) is 0.667. The minimum absolute atomic E-state index is 0.402. The van der Waals surface area contributed by atoms with Crippen LogP contribution in [0.4, 0.5) is 0 Å². The minimum Gasteiger partial charge on any atom is -0.496 e. The van der Waals surface area contributed by atoms with Crippen molar-refractivity contribution in [2.24, 2.45) is 0 Å². The molecule has 3 atom stereocenters. The quantitative estimate of drug-likeness (QED) is 0.899. The van der Waals surface area contributed by atoms with Gasteiger partial charge in [0.1, 0.15) is 5.75 Å². The second-order valence-electron chi connectivity index (χ2n) is 6.42. The number of hydrogen-bond acceptors (Lipinski definition) is 3. The molecule has 0 aliphatic carbocycles. The second-order valence-corrected chi connectivity index (χ2v) is 6.42. The molecule has 3 rings (SSSR count). The van der Waals surface area contributed by atoms with Crippen LogP contribution in [-0.4, -0.2) is 37.2 Å². The Bertz CT molecular complexity index is 462. The van der Waals surface area contributed by atoms with E-state index in [9.17, 15) is 0 Å². The summed E-state index contributed by atoms with van der Waals surface area (Å²) in [6.45, 7) is 4.85. The van der Waals surface area contributed by atoms with Crippen LogP contribution >= 0.6 is 0 Å². The molecule has 3 nitrogen and oxygen atoms in total. The van der Waals surface area contributed by atoms with Gasteiger partial charge in [0, 0.05) is 23.7 Å². The molecule has 0 spiro atoms. The molecule has 21 heavy (non-hydrogen) atoms. The predicted octanol–water partition coefficient (Wildman–Crippen LogP) is 3.36. The summed E-state index contributed by atoms with van der Waals surface area (Å²) in [5.41, 5.74) is 1.30. The molecule has 116 valence electrons. The van der Waals surface area contributed by atoms with E-state index < -0.39 is 0 Å². The number of para-hydroxylation sites is 1. The molecule has 2 fully saturated rings. The van der Waals surface area contributed by atoms with Crippen molar-refractivity contribution in [1.29, 1.82) is 0 Å². The normalized spacial score (nSPS) is 27.3.